The van der Waals surface area contributed by atoms with Gasteiger partial charge in [-0.05, 0) is 73.6 Å². The summed E-state index contributed by atoms with van der Waals surface area (Å²) in [7, 11) is 0. The molecule has 0 aliphatic carbocycles. The number of likely N-dealkylation sites (tertiary alicyclic amines) is 1. The second kappa shape index (κ2) is 11.2. The molecule has 2 heterocycles. The van der Waals surface area contributed by atoms with E-state index in [1.165, 1.54) is 5.57 Å². The Morgan fingerprint density at radius 3 is 1.77 bits per heavy atom. The van der Waals surface area contributed by atoms with Gasteiger partial charge in [-0.25, -0.2) is 9.59 Å². The van der Waals surface area contributed by atoms with Crippen LogP contribution < -0.4 is 0 Å². The molecule has 0 spiro atoms. The van der Waals surface area contributed by atoms with Gasteiger partial charge in [0.1, 0.15) is 11.2 Å². The minimum absolute atomic E-state index is 0.200. The van der Waals surface area contributed by atoms with E-state index in [0.717, 1.165) is 25.8 Å². The normalized spacial score (nSPS) is 19.1. The van der Waals surface area contributed by atoms with Crippen LogP contribution in [0.4, 0.5) is 9.59 Å². The van der Waals surface area contributed by atoms with Gasteiger partial charge in [-0.2, -0.15) is 0 Å². The number of amides is 2. The summed E-state index contributed by atoms with van der Waals surface area (Å²) in [4.78, 5) is 26.8. The molecule has 1 fully saturated rings. The summed E-state index contributed by atoms with van der Waals surface area (Å²) >= 11 is 0. The summed E-state index contributed by atoms with van der Waals surface area (Å²) in [5.74, 6) is 0. The lowest BCUT2D eigenvalue weighted by Crippen LogP contribution is -2.47. The average Bonchev–Trinajstić information content (AvgIpc) is 2.66. The molecule has 0 atom stereocenters. The van der Waals surface area contributed by atoms with Gasteiger partial charge in [0.15, 0.2) is 0 Å². The van der Waals surface area contributed by atoms with Crippen molar-refractivity contribution in [2.45, 2.75) is 104 Å². The predicted molar refractivity (Wildman–Crippen MR) is 123 cm³/mol. The quantitative estimate of drug-likeness (QED) is 0.603. The SMILES string of the molecule is CCC1(O)CCN(C(=O)OC(C)(C)C)CC1.CCC1=CCN(C(=O)OC(C)(C)C)CC1. The molecular weight excluding hydrogens is 396 g/mol. The number of hydrogen-bond donors (Lipinski definition) is 1. The molecule has 0 radical (unpaired) electrons. The molecule has 1 saturated heterocycles. The Morgan fingerprint density at radius 2 is 1.42 bits per heavy atom. The van der Waals surface area contributed by atoms with Crippen LogP contribution in [-0.2, 0) is 9.47 Å². The van der Waals surface area contributed by atoms with Gasteiger partial charge in [0.2, 0.25) is 0 Å². The van der Waals surface area contributed by atoms with Gasteiger partial charge in [0.25, 0.3) is 0 Å². The largest absolute Gasteiger partial charge is 0.444 e. The molecule has 1 N–H and O–H groups in total. The summed E-state index contributed by atoms with van der Waals surface area (Å²) in [5, 5.41) is 10.0. The van der Waals surface area contributed by atoms with Gasteiger partial charge in [-0.1, -0.05) is 25.5 Å². The first-order chi connectivity index (χ1) is 14.2. The summed E-state index contributed by atoms with van der Waals surface area (Å²) in [6, 6.07) is 0. The highest BCUT2D eigenvalue weighted by Crippen LogP contribution is 2.26. The molecule has 180 valence electrons. The fraction of sp³-hybridized carbons (Fsp3) is 0.833. The van der Waals surface area contributed by atoms with Gasteiger partial charge < -0.3 is 24.4 Å². The smallest absolute Gasteiger partial charge is 0.410 e. The highest BCUT2D eigenvalue weighted by molar-refractivity contribution is 5.69. The molecule has 0 aromatic carbocycles. The van der Waals surface area contributed by atoms with Crippen LogP contribution in [-0.4, -0.2) is 70.1 Å². The first kappa shape index (κ1) is 27.3. The minimum Gasteiger partial charge on any atom is -0.444 e. The number of ether oxygens (including phenoxy) is 2. The first-order valence-corrected chi connectivity index (χ1v) is 11.5. The number of hydrogen-bond acceptors (Lipinski definition) is 5. The molecule has 0 aromatic heterocycles. The molecule has 0 saturated carbocycles. The van der Waals surface area contributed by atoms with Crippen molar-refractivity contribution in [1.29, 1.82) is 0 Å². The van der Waals surface area contributed by atoms with Crippen molar-refractivity contribution in [3.8, 4) is 0 Å². The van der Waals surface area contributed by atoms with Crippen molar-refractivity contribution in [2.24, 2.45) is 0 Å². The Kier molecular flexibility index (Phi) is 9.86. The number of rotatable bonds is 2. The number of aliphatic hydroxyl groups is 1. The molecular formula is C24H44N2O5. The van der Waals surface area contributed by atoms with E-state index in [2.05, 4.69) is 13.0 Å². The molecule has 7 nitrogen and oxygen atoms in total. The maximum absolute atomic E-state index is 11.7. The third-order valence-electron chi connectivity index (χ3n) is 5.41. The monoisotopic (exact) mass is 440 g/mol. The number of carbonyl (C=O) groups is 2. The maximum atomic E-state index is 11.7. The predicted octanol–water partition coefficient (Wildman–Crippen LogP) is 5.12. The van der Waals surface area contributed by atoms with Crippen molar-refractivity contribution >= 4 is 12.2 Å². The van der Waals surface area contributed by atoms with Crippen LogP contribution in [0.25, 0.3) is 0 Å². The highest BCUT2D eigenvalue weighted by atomic mass is 16.6. The third kappa shape index (κ3) is 10.4. The highest BCUT2D eigenvalue weighted by Gasteiger charge is 2.33. The van der Waals surface area contributed by atoms with E-state index in [4.69, 9.17) is 9.47 Å². The zero-order chi connectivity index (χ0) is 23.9. The third-order valence-corrected chi connectivity index (χ3v) is 5.41. The zero-order valence-corrected chi connectivity index (χ0v) is 20.9. The van der Waals surface area contributed by atoms with E-state index < -0.39 is 16.8 Å². The van der Waals surface area contributed by atoms with Crippen LogP contribution in [0.15, 0.2) is 11.6 Å². The molecule has 0 bridgehead atoms. The van der Waals surface area contributed by atoms with Crippen LogP contribution >= 0.6 is 0 Å². The second-order valence-electron chi connectivity index (χ2n) is 10.4. The Bertz CT molecular complexity index is 623. The molecule has 0 unspecified atom stereocenters. The molecule has 2 rings (SSSR count). The molecule has 2 aliphatic rings. The van der Waals surface area contributed by atoms with E-state index in [0.29, 0.717) is 32.5 Å². The molecule has 2 amide bonds. The van der Waals surface area contributed by atoms with E-state index in [1.54, 1.807) is 9.80 Å². The Balaban J connectivity index is 0.000000311. The van der Waals surface area contributed by atoms with E-state index >= 15 is 0 Å². The van der Waals surface area contributed by atoms with E-state index in [-0.39, 0.29) is 12.2 Å². The Labute approximate surface area is 188 Å². The van der Waals surface area contributed by atoms with Crippen molar-refractivity contribution in [2.75, 3.05) is 26.2 Å². The lowest BCUT2D eigenvalue weighted by atomic mass is 9.89. The number of carbonyl (C=O) groups excluding carboxylic acids is 2. The molecule has 2 aliphatic heterocycles. The Morgan fingerprint density at radius 1 is 0.935 bits per heavy atom. The maximum Gasteiger partial charge on any atom is 0.410 e. The van der Waals surface area contributed by atoms with Crippen molar-refractivity contribution < 1.29 is 24.2 Å². The summed E-state index contributed by atoms with van der Waals surface area (Å²) < 4.78 is 10.6. The first-order valence-electron chi connectivity index (χ1n) is 11.5. The second-order valence-corrected chi connectivity index (χ2v) is 10.4. The fourth-order valence-electron chi connectivity index (χ4n) is 3.31. The van der Waals surface area contributed by atoms with Crippen LogP contribution in [0, 0.1) is 0 Å². The van der Waals surface area contributed by atoms with Crippen LogP contribution in [0.3, 0.4) is 0 Å². The average molecular weight is 441 g/mol. The van der Waals surface area contributed by atoms with Crippen LogP contribution in [0.5, 0.6) is 0 Å². The summed E-state index contributed by atoms with van der Waals surface area (Å²) in [6.45, 7) is 18.0. The van der Waals surface area contributed by atoms with Crippen LogP contribution in [0.2, 0.25) is 0 Å². The topological polar surface area (TPSA) is 79.3 Å². The van der Waals surface area contributed by atoms with E-state index in [9.17, 15) is 14.7 Å². The zero-order valence-electron chi connectivity index (χ0n) is 20.9. The molecule has 31 heavy (non-hydrogen) atoms. The van der Waals surface area contributed by atoms with Crippen molar-refractivity contribution in [3.63, 3.8) is 0 Å². The standard InChI is InChI=1S/C12H23NO3.C12H21NO2/c1-5-12(15)6-8-13(9-7-12)10(14)16-11(2,3)4;1-5-10-6-8-13(9-7-10)11(14)15-12(2,3)4/h15H,5-9H2,1-4H3;6H,5,7-9H2,1-4H3. The van der Waals surface area contributed by atoms with E-state index in [1.807, 2.05) is 48.5 Å². The fourth-order valence-corrected chi connectivity index (χ4v) is 3.31. The minimum atomic E-state index is -0.585. The van der Waals surface area contributed by atoms with Gasteiger partial charge in [0.05, 0.1) is 5.60 Å². The summed E-state index contributed by atoms with van der Waals surface area (Å²) in [5.41, 5.74) is 0.00902. The molecule has 7 heteroatoms. The number of piperidine rings is 1. The van der Waals surface area contributed by atoms with Gasteiger partial charge >= 0.3 is 12.2 Å². The molecule has 0 aromatic rings. The van der Waals surface area contributed by atoms with Gasteiger partial charge in [-0.3, -0.25) is 0 Å². The lowest BCUT2D eigenvalue weighted by Gasteiger charge is -2.38. The van der Waals surface area contributed by atoms with Crippen LogP contribution in [0.1, 0.15) is 87.5 Å². The number of nitrogens with zero attached hydrogens (tertiary/aromatic N) is 2. The lowest BCUT2D eigenvalue weighted by molar-refractivity contribution is -0.0338. The Hall–Kier alpha value is -1.76. The van der Waals surface area contributed by atoms with Crippen molar-refractivity contribution in [3.05, 3.63) is 11.6 Å². The van der Waals surface area contributed by atoms with Crippen molar-refractivity contribution in [1.82, 2.24) is 9.80 Å². The van der Waals surface area contributed by atoms with Gasteiger partial charge in [-0.15, -0.1) is 0 Å². The van der Waals surface area contributed by atoms with Gasteiger partial charge in [0, 0.05) is 26.2 Å². The summed E-state index contributed by atoms with van der Waals surface area (Å²) in [6.07, 6.45) is 5.76.